The van der Waals surface area contributed by atoms with Gasteiger partial charge in [-0.3, -0.25) is 0 Å². The number of nitrogens with zero attached hydrogens (tertiary/aromatic N) is 3. The number of methoxy groups -OCH3 is 1. The fraction of sp³-hybridized carbons (Fsp3) is 0.231. The second-order valence-electron chi connectivity index (χ2n) is 8.20. The Bertz CT molecular complexity index is 1240. The Balaban J connectivity index is 1.53. The van der Waals surface area contributed by atoms with Crippen LogP contribution in [0, 0.1) is 5.92 Å². The van der Waals surface area contributed by atoms with Crippen molar-refractivity contribution in [1.82, 2.24) is 14.5 Å². The highest BCUT2D eigenvalue weighted by molar-refractivity contribution is 5.83. The molecule has 4 nitrogen and oxygen atoms in total. The number of hydrogen-bond donors (Lipinski definition) is 0. The third-order valence-corrected chi connectivity index (χ3v) is 6.63. The van der Waals surface area contributed by atoms with Gasteiger partial charge in [0.2, 0.25) is 5.88 Å². The first-order valence-electron chi connectivity index (χ1n) is 10.6. The van der Waals surface area contributed by atoms with E-state index >= 15 is 0 Å². The Hall–Kier alpha value is -3.40. The fourth-order valence-corrected chi connectivity index (χ4v) is 5.24. The zero-order valence-electron chi connectivity index (χ0n) is 16.9. The van der Waals surface area contributed by atoms with Crippen LogP contribution >= 0.6 is 0 Å². The van der Waals surface area contributed by atoms with Gasteiger partial charge in [-0.25, -0.2) is 9.97 Å². The summed E-state index contributed by atoms with van der Waals surface area (Å²) in [5.41, 5.74) is 5.89. The summed E-state index contributed by atoms with van der Waals surface area (Å²) < 4.78 is 7.72. The Labute approximate surface area is 175 Å². The first-order valence-corrected chi connectivity index (χ1v) is 10.6. The van der Waals surface area contributed by atoms with Crippen molar-refractivity contribution in [3.63, 3.8) is 0 Å². The lowest BCUT2D eigenvalue weighted by molar-refractivity contribution is 0.380. The Morgan fingerprint density at radius 2 is 1.77 bits per heavy atom. The molecule has 6 rings (SSSR count). The molecule has 0 N–H and O–H groups in total. The van der Waals surface area contributed by atoms with E-state index in [4.69, 9.17) is 9.72 Å². The van der Waals surface area contributed by atoms with E-state index in [1.165, 1.54) is 16.9 Å². The fourth-order valence-electron chi connectivity index (χ4n) is 5.24. The van der Waals surface area contributed by atoms with E-state index in [1.54, 1.807) is 7.11 Å². The van der Waals surface area contributed by atoms with E-state index in [0.717, 1.165) is 29.5 Å². The van der Waals surface area contributed by atoms with Crippen molar-refractivity contribution < 1.29 is 4.74 Å². The molecule has 0 amide bonds. The Morgan fingerprint density at radius 1 is 0.933 bits per heavy atom. The topological polar surface area (TPSA) is 39.9 Å². The molecule has 0 fully saturated rings. The van der Waals surface area contributed by atoms with Crippen molar-refractivity contribution >= 4 is 11.0 Å². The molecule has 2 aromatic heterocycles. The number of allylic oxidation sites excluding steroid dienone is 2. The van der Waals surface area contributed by atoms with Crippen LogP contribution in [0.1, 0.15) is 36.2 Å². The number of pyridine rings is 1. The van der Waals surface area contributed by atoms with E-state index in [-0.39, 0.29) is 0 Å². The monoisotopic (exact) mass is 393 g/mol. The molecule has 0 spiro atoms. The maximum atomic E-state index is 5.21. The van der Waals surface area contributed by atoms with Gasteiger partial charge in [0.25, 0.3) is 0 Å². The molecule has 2 aromatic carbocycles. The number of aromatic nitrogens is 3. The Morgan fingerprint density at radius 3 is 2.57 bits per heavy atom. The molecule has 0 saturated carbocycles. The highest BCUT2D eigenvalue weighted by Gasteiger charge is 2.43. The lowest BCUT2D eigenvalue weighted by atomic mass is 9.79. The van der Waals surface area contributed by atoms with E-state index in [1.807, 2.05) is 12.3 Å². The van der Waals surface area contributed by atoms with Crippen molar-refractivity contribution in [2.75, 3.05) is 7.11 Å². The van der Waals surface area contributed by atoms with Crippen molar-refractivity contribution in [1.29, 1.82) is 0 Å². The SMILES string of the molecule is COc1ccc(-c2ccc3nc4n(c3c2)[C@@H](c2ccccc2)[C@H]2CC=CC[C@@H]42)cn1. The third-order valence-electron chi connectivity index (χ3n) is 6.63. The summed E-state index contributed by atoms with van der Waals surface area (Å²) in [5, 5.41) is 0. The van der Waals surface area contributed by atoms with E-state index < -0.39 is 0 Å². The van der Waals surface area contributed by atoms with E-state index in [0.29, 0.717) is 23.8 Å². The van der Waals surface area contributed by atoms with Gasteiger partial charge in [0, 0.05) is 23.7 Å². The summed E-state index contributed by atoms with van der Waals surface area (Å²) in [6, 6.07) is 21.8. The lowest BCUT2D eigenvalue weighted by Gasteiger charge is -2.27. The molecule has 0 saturated heterocycles. The number of benzene rings is 2. The first-order chi connectivity index (χ1) is 14.8. The van der Waals surface area contributed by atoms with Gasteiger partial charge in [-0.2, -0.15) is 0 Å². The van der Waals surface area contributed by atoms with Crippen LogP contribution in [0.4, 0.5) is 0 Å². The van der Waals surface area contributed by atoms with Gasteiger partial charge in [0.15, 0.2) is 0 Å². The highest BCUT2D eigenvalue weighted by Crippen LogP contribution is 2.51. The first kappa shape index (κ1) is 17.5. The summed E-state index contributed by atoms with van der Waals surface area (Å²) in [7, 11) is 1.64. The van der Waals surface area contributed by atoms with Crippen molar-refractivity contribution in [2.45, 2.75) is 24.8 Å². The molecule has 0 radical (unpaired) electrons. The van der Waals surface area contributed by atoms with Gasteiger partial charge in [-0.1, -0.05) is 48.6 Å². The molecule has 3 heterocycles. The van der Waals surface area contributed by atoms with Crippen LogP contribution in [0.3, 0.4) is 0 Å². The highest BCUT2D eigenvalue weighted by atomic mass is 16.5. The number of imidazole rings is 1. The van der Waals surface area contributed by atoms with Crippen LogP contribution in [0.15, 0.2) is 79.0 Å². The third kappa shape index (κ3) is 2.60. The summed E-state index contributed by atoms with van der Waals surface area (Å²) in [6.45, 7) is 0. The van der Waals surface area contributed by atoms with Crippen LogP contribution in [0.25, 0.3) is 22.2 Å². The normalized spacial score (nSPS) is 22.1. The quantitative estimate of drug-likeness (QED) is 0.416. The number of fused-ring (bicyclic) bond motifs is 5. The standard InChI is InChI=1S/C26H23N3O/c1-30-24-14-12-19(16-27-24)18-11-13-22-23(15-18)29-25(17-7-3-2-4-8-17)20-9-5-6-10-21(20)26(29)28-22/h2-8,11-16,20-21,25H,9-10H2,1H3/t20-,21+,25-/m0/s1. The lowest BCUT2D eigenvalue weighted by Crippen LogP contribution is -2.18. The zero-order chi connectivity index (χ0) is 20.1. The smallest absolute Gasteiger partial charge is 0.212 e. The largest absolute Gasteiger partial charge is 0.481 e. The minimum atomic E-state index is 0.324. The second-order valence-corrected chi connectivity index (χ2v) is 8.20. The van der Waals surface area contributed by atoms with Crippen LogP contribution in [-0.2, 0) is 0 Å². The summed E-state index contributed by atoms with van der Waals surface area (Å²) in [6.07, 6.45) is 8.73. The van der Waals surface area contributed by atoms with E-state index in [9.17, 15) is 0 Å². The predicted molar refractivity (Wildman–Crippen MR) is 119 cm³/mol. The van der Waals surface area contributed by atoms with Crippen molar-refractivity contribution in [3.05, 3.63) is 90.4 Å². The van der Waals surface area contributed by atoms with Gasteiger partial charge >= 0.3 is 0 Å². The van der Waals surface area contributed by atoms with Crippen LogP contribution in [-0.4, -0.2) is 21.6 Å². The van der Waals surface area contributed by atoms with Crippen LogP contribution in [0.5, 0.6) is 5.88 Å². The summed E-state index contributed by atoms with van der Waals surface area (Å²) >= 11 is 0. The minimum absolute atomic E-state index is 0.324. The molecule has 148 valence electrons. The number of rotatable bonds is 3. The zero-order valence-corrected chi connectivity index (χ0v) is 16.9. The molecule has 1 aliphatic carbocycles. The second kappa shape index (κ2) is 6.84. The average Bonchev–Trinajstić information content (AvgIpc) is 3.34. The van der Waals surface area contributed by atoms with Crippen molar-refractivity contribution in [2.24, 2.45) is 5.92 Å². The minimum Gasteiger partial charge on any atom is -0.481 e. The molecule has 30 heavy (non-hydrogen) atoms. The molecule has 0 bridgehead atoms. The molecule has 0 unspecified atom stereocenters. The molecular formula is C26H23N3O. The Kier molecular flexibility index (Phi) is 3.98. The van der Waals surface area contributed by atoms with Gasteiger partial charge in [-0.05, 0) is 48.1 Å². The molecule has 4 heteroatoms. The number of hydrogen-bond acceptors (Lipinski definition) is 3. The predicted octanol–water partition coefficient (Wildman–Crippen LogP) is 5.76. The van der Waals surface area contributed by atoms with Crippen LogP contribution < -0.4 is 4.74 Å². The van der Waals surface area contributed by atoms with Gasteiger partial charge in [0.1, 0.15) is 5.82 Å². The van der Waals surface area contributed by atoms with Crippen molar-refractivity contribution in [3.8, 4) is 17.0 Å². The van der Waals surface area contributed by atoms with Gasteiger partial charge < -0.3 is 9.30 Å². The maximum Gasteiger partial charge on any atom is 0.212 e. The average molecular weight is 393 g/mol. The van der Waals surface area contributed by atoms with Crippen LogP contribution in [0.2, 0.25) is 0 Å². The molecule has 4 aromatic rings. The molecular weight excluding hydrogens is 370 g/mol. The number of ether oxygens (including phenoxy) is 1. The maximum absolute atomic E-state index is 5.21. The molecule has 1 aliphatic heterocycles. The summed E-state index contributed by atoms with van der Waals surface area (Å²) in [4.78, 5) is 9.49. The van der Waals surface area contributed by atoms with Gasteiger partial charge in [0.05, 0.1) is 24.2 Å². The van der Waals surface area contributed by atoms with E-state index in [2.05, 4.69) is 76.3 Å². The molecule has 2 aliphatic rings. The summed E-state index contributed by atoms with van der Waals surface area (Å²) in [5.74, 6) is 2.92. The van der Waals surface area contributed by atoms with Gasteiger partial charge in [-0.15, -0.1) is 0 Å². The molecule has 3 atom stereocenters.